The minimum absolute atomic E-state index is 0.225. The van der Waals surface area contributed by atoms with Crippen molar-refractivity contribution in [3.8, 4) is 0 Å². The van der Waals surface area contributed by atoms with Gasteiger partial charge in [0.25, 0.3) is 0 Å². The van der Waals surface area contributed by atoms with Crippen LogP contribution in [0.15, 0.2) is 4.63 Å². The molecule has 0 unspecified atom stereocenters. The van der Waals surface area contributed by atoms with Crippen molar-refractivity contribution >= 4 is 17.7 Å². The molecule has 0 bridgehead atoms. The maximum atomic E-state index is 10.2. The Hall–Kier alpha value is -1.04. The Morgan fingerprint density at radius 1 is 1.57 bits per heavy atom. The SMILES string of the molecule is Cc1nonc1CSCCCC(=O)O. The van der Waals surface area contributed by atoms with Gasteiger partial charge in [0.05, 0.1) is 0 Å². The van der Waals surface area contributed by atoms with E-state index in [0.29, 0.717) is 6.42 Å². The van der Waals surface area contributed by atoms with Gasteiger partial charge >= 0.3 is 5.97 Å². The van der Waals surface area contributed by atoms with Crippen molar-refractivity contribution in [1.82, 2.24) is 10.3 Å². The normalized spacial score (nSPS) is 10.4. The summed E-state index contributed by atoms with van der Waals surface area (Å²) in [4.78, 5) is 10.2. The van der Waals surface area contributed by atoms with Crippen molar-refractivity contribution in [2.24, 2.45) is 0 Å². The first-order chi connectivity index (χ1) is 6.70. The number of nitrogens with zero attached hydrogens (tertiary/aromatic N) is 2. The predicted octanol–water partition coefficient (Wildman–Crippen LogP) is 1.48. The van der Waals surface area contributed by atoms with Crippen molar-refractivity contribution in [3.05, 3.63) is 11.4 Å². The van der Waals surface area contributed by atoms with E-state index in [9.17, 15) is 4.79 Å². The number of carboxylic acids is 1. The van der Waals surface area contributed by atoms with Gasteiger partial charge in [-0.15, -0.1) is 0 Å². The van der Waals surface area contributed by atoms with Crippen LogP contribution in [-0.4, -0.2) is 27.1 Å². The maximum absolute atomic E-state index is 10.2. The quantitative estimate of drug-likeness (QED) is 0.726. The standard InChI is InChI=1S/C8H12N2O3S/c1-6-7(10-13-9-6)5-14-4-2-3-8(11)12/h2-5H2,1H3,(H,11,12). The number of aliphatic carboxylic acids is 1. The lowest BCUT2D eigenvalue weighted by Crippen LogP contribution is -1.95. The number of thioether (sulfide) groups is 1. The van der Waals surface area contributed by atoms with Crippen molar-refractivity contribution in [2.75, 3.05) is 5.75 Å². The zero-order valence-corrected chi connectivity index (χ0v) is 8.71. The minimum Gasteiger partial charge on any atom is -0.481 e. The molecule has 78 valence electrons. The highest BCUT2D eigenvalue weighted by molar-refractivity contribution is 7.98. The van der Waals surface area contributed by atoms with E-state index in [1.165, 1.54) is 0 Å². The van der Waals surface area contributed by atoms with Crippen molar-refractivity contribution < 1.29 is 14.5 Å². The second-order valence-electron chi connectivity index (χ2n) is 2.85. The lowest BCUT2D eigenvalue weighted by atomic mass is 10.3. The third-order valence-electron chi connectivity index (χ3n) is 1.66. The van der Waals surface area contributed by atoms with E-state index >= 15 is 0 Å². The average molecular weight is 216 g/mol. The van der Waals surface area contributed by atoms with Gasteiger partial charge in [0.2, 0.25) is 0 Å². The molecule has 0 aliphatic carbocycles. The highest BCUT2D eigenvalue weighted by Gasteiger charge is 2.04. The molecule has 1 aromatic rings. The molecule has 0 amide bonds. The predicted molar refractivity (Wildman–Crippen MR) is 52.1 cm³/mol. The Labute approximate surface area is 85.8 Å². The number of rotatable bonds is 6. The van der Waals surface area contributed by atoms with Gasteiger partial charge in [-0.2, -0.15) is 11.8 Å². The summed E-state index contributed by atoms with van der Waals surface area (Å²) < 4.78 is 4.53. The minimum atomic E-state index is -0.745. The zero-order chi connectivity index (χ0) is 10.4. The first-order valence-corrected chi connectivity index (χ1v) is 5.43. The van der Waals surface area contributed by atoms with Gasteiger partial charge in [-0.05, 0) is 19.1 Å². The van der Waals surface area contributed by atoms with Crippen LogP contribution in [0.2, 0.25) is 0 Å². The molecule has 0 radical (unpaired) electrons. The summed E-state index contributed by atoms with van der Waals surface area (Å²) in [5, 5.41) is 15.8. The number of hydrogen-bond acceptors (Lipinski definition) is 5. The summed E-state index contributed by atoms with van der Waals surface area (Å²) in [6.07, 6.45) is 0.910. The molecule has 0 aliphatic heterocycles. The van der Waals surface area contributed by atoms with E-state index in [-0.39, 0.29) is 6.42 Å². The lowest BCUT2D eigenvalue weighted by Gasteiger charge is -1.96. The Balaban J connectivity index is 2.10. The third-order valence-corrected chi connectivity index (χ3v) is 2.72. The molecule has 0 aliphatic rings. The fourth-order valence-corrected chi connectivity index (χ4v) is 1.82. The van der Waals surface area contributed by atoms with Crippen LogP contribution >= 0.6 is 11.8 Å². The van der Waals surface area contributed by atoms with E-state index in [1.807, 2.05) is 6.92 Å². The fourth-order valence-electron chi connectivity index (χ4n) is 0.875. The summed E-state index contributed by atoms with van der Waals surface area (Å²) in [6.45, 7) is 1.84. The van der Waals surface area contributed by atoms with Gasteiger partial charge in [0.15, 0.2) is 0 Å². The highest BCUT2D eigenvalue weighted by atomic mass is 32.2. The number of hydrogen-bond donors (Lipinski definition) is 1. The average Bonchev–Trinajstić information content (AvgIpc) is 2.51. The third kappa shape index (κ3) is 3.78. The van der Waals surface area contributed by atoms with Crippen LogP contribution in [0.25, 0.3) is 0 Å². The molecule has 0 fully saturated rings. The van der Waals surface area contributed by atoms with Gasteiger partial charge in [0.1, 0.15) is 11.4 Å². The Morgan fingerprint density at radius 2 is 2.36 bits per heavy atom. The Morgan fingerprint density at radius 3 is 2.93 bits per heavy atom. The van der Waals surface area contributed by atoms with Crippen LogP contribution in [0.4, 0.5) is 0 Å². The molecule has 0 atom stereocenters. The monoisotopic (exact) mass is 216 g/mol. The molecule has 0 spiro atoms. The van der Waals surface area contributed by atoms with Crippen molar-refractivity contribution in [3.63, 3.8) is 0 Å². The van der Waals surface area contributed by atoms with Crippen molar-refractivity contribution in [2.45, 2.75) is 25.5 Å². The highest BCUT2D eigenvalue weighted by Crippen LogP contribution is 2.13. The first-order valence-electron chi connectivity index (χ1n) is 4.27. The van der Waals surface area contributed by atoms with E-state index in [2.05, 4.69) is 14.9 Å². The van der Waals surface area contributed by atoms with Gasteiger partial charge in [-0.1, -0.05) is 10.3 Å². The number of aromatic nitrogens is 2. The van der Waals surface area contributed by atoms with E-state index in [4.69, 9.17) is 5.11 Å². The second kappa shape index (κ2) is 5.64. The molecular weight excluding hydrogens is 204 g/mol. The van der Waals surface area contributed by atoms with E-state index in [1.54, 1.807) is 11.8 Å². The first kappa shape index (κ1) is 11.0. The summed E-state index contributed by atoms with van der Waals surface area (Å²) in [5.74, 6) is 0.804. The number of carboxylic acid groups (broad SMARTS) is 1. The van der Waals surface area contributed by atoms with E-state index in [0.717, 1.165) is 22.9 Å². The summed E-state index contributed by atoms with van der Waals surface area (Å²) in [7, 11) is 0. The van der Waals surface area contributed by atoms with Crippen LogP contribution in [-0.2, 0) is 10.5 Å². The van der Waals surface area contributed by atoms with Gasteiger partial charge in [-0.3, -0.25) is 4.79 Å². The Kier molecular flexibility index (Phi) is 4.45. The number of carbonyl (C=O) groups is 1. The second-order valence-corrected chi connectivity index (χ2v) is 3.95. The lowest BCUT2D eigenvalue weighted by molar-refractivity contribution is -0.137. The van der Waals surface area contributed by atoms with E-state index < -0.39 is 5.97 Å². The molecule has 5 nitrogen and oxygen atoms in total. The molecule has 1 N–H and O–H groups in total. The fraction of sp³-hybridized carbons (Fsp3) is 0.625. The van der Waals surface area contributed by atoms with Crippen LogP contribution in [0.3, 0.4) is 0 Å². The van der Waals surface area contributed by atoms with Gasteiger partial charge in [-0.25, -0.2) is 4.63 Å². The topological polar surface area (TPSA) is 76.2 Å². The zero-order valence-electron chi connectivity index (χ0n) is 7.89. The summed E-state index contributed by atoms with van der Waals surface area (Å²) in [6, 6.07) is 0. The van der Waals surface area contributed by atoms with Crippen LogP contribution in [0.1, 0.15) is 24.2 Å². The molecule has 1 aromatic heterocycles. The number of aryl methyl sites for hydroxylation is 1. The molecule has 14 heavy (non-hydrogen) atoms. The molecule has 1 rings (SSSR count). The largest absolute Gasteiger partial charge is 0.481 e. The van der Waals surface area contributed by atoms with Crippen LogP contribution < -0.4 is 0 Å². The molecule has 0 aromatic carbocycles. The van der Waals surface area contributed by atoms with Gasteiger partial charge in [0, 0.05) is 12.2 Å². The van der Waals surface area contributed by atoms with Crippen LogP contribution in [0.5, 0.6) is 0 Å². The molecule has 6 heteroatoms. The summed E-state index contributed by atoms with van der Waals surface area (Å²) >= 11 is 1.64. The smallest absolute Gasteiger partial charge is 0.303 e. The molecule has 1 heterocycles. The molecule has 0 saturated carbocycles. The molecule has 0 saturated heterocycles. The van der Waals surface area contributed by atoms with Crippen molar-refractivity contribution in [1.29, 1.82) is 0 Å². The van der Waals surface area contributed by atoms with Gasteiger partial charge < -0.3 is 5.11 Å². The maximum Gasteiger partial charge on any atom is 0.303 e. The van der Waals surface area contributed by atoms with Crippen LogP contribution in [0, 0.1) is 6.92 Å². The summed E-state index contributed by atoms with van der Waals surface area (Å²) in [5.41, 5.74) is 1.64. The molecular formula is C8H12N2O3S. The Bertz CT molecular complexity index is 301.